The molecular formula is C29H23N3O4. The van der Waals surface area contributed by atoms with Crippen molar-refractivity contribution in [3.8, 4) is 0 Å². The first-order chi connectivity index (χ1) is 17.5. The monoisotopic (exact) mass is 477 g/mol. The number of amides is 2. The van der Waals surface area contributed by atoms with E-state index < -0.39 is 5.97 Å². The lowest BCUT2D eigenvalue weighted by molar-refractivity contribution is 0.0598. The number of benzene rings is 3. The molecule has 0 saturated carbocycles. The number of nitrogens with zero attached hydrogens (tertiary/aromatic N) is 2. The fourth-order valence-corrected chi connectivity index (χ4v) is 4.19. The summed E-state index contributed by atoms with van der Waals surface area (Å²) >= 11 is 0. The van der Waals surface area contributed by atoms with Gasteiger partial charge in [0.05, 0.1) is 47.7 Å². The summed E-state index contributed by atoms with van der Waals surface area (Å²) in [7, 11) is 1.34. The Morgan fingerprint density at radius 2 is 1.61 bits per heavy atom. The van der Waals surface area contributed by atoms with Gasteiger partial charge in [-0.15, -0.1) is 0 Å². The van der Waals surface area contributed by atoms with Gasteiger partial charge in [-0.2, -0.15) is 0 Å². The minimum atomic E-state index is -0.415. The lowest BCUT2D eigenvalue weighted by Crippen LogP contribution is -2.33. The minimum absolute atomic E-state index is 0.124. The van der Waals surface area contributed by atoms with Gasteiger partial charge in [0.15, 0.2) is 0 Å². The number of rotatable bonds is 7. The Balaban J connectivity index is 1.42. The molecule has 0 atom stereocenters. The van der Waals surface area contributed by atoms with Gasteiger partial charge in [0, 0.05) is 11.9 Å². The summed E-state index contributed by atoms with van der Waals surface area (Å²) in [4.78, 5) is 43.5. The second kappa shape index (κ2) is 9.84. The molecule has 0 fully saturated rings. The molecule has 1 aliphatic rings. The fourth-order valence-electron chi connectivity index (χ4n) is 4.19. The van der Waals surface area contributed by atoms with Crippen LogP contribution in [0.4, 0.5) is 5.69 Å². The number of fused-ring (bicyclic) bond motifs is 2. The van der Waals surface area contributed by atoms with Crippen LogP contribution >= 0.6 is 0 Å². The molecule has 5 rings (SSSR count). The van der Waals surface area contributed by atoms with Crippen molar-refractivity contribution >= 4 is 40.4 Å². The van der Waals surface area contributed by atoms with E-state index in [0.717, 1.165) is 27.7 Å². The lowest BCUT2D eigenvalue weighted by Gasteiger charge is -2.18. The third-order valence-corrected chi connectivity index (χ3v) is 6.05. The van der Waals surface area contributed by atoms with E-state index in [9.17, 15) is 14.4 Å². The minimum Gasteiger partial charge on any atom is -0.465 e. The van der Waals surface area contributed by atoms with Crippen molar-refractivity contribution < 1.29 is 19.1 Å². The summed E-state index contributed by atoms with van der Waals surface area (Å²) in [6, 6.07) is 23.6. The van der Waals surface area contributed by atoms with Crippen molar-refractivity contribution in [2.75, 3.05) is 25.5 Å². The van der Waals surface area contributed by atoms with Gasteiger partial charge in [0.1, 0.15) is 0 Å². The van der Waals surface area contributed by atoms with Crippen molar-refractivity contribution in [3.63, 3.8) is 0 Å². The molecule has 3 aromatic carbocycles. The summed E-state index contributed by atoms with van der Waals surface area (Å²) in [6.45, 7) is 0.505. The maximum atomic E-state index is 13.0. The van der Waals surface area contributed by atoms with E-state index in [2.05, 4.69) is 10.3 Å². The maximum absolute atomic E-state index is 13.0. The number of pyridine rings is 1. The topological polar surface area (TPSA) is 88.6 Å². The smallest absolute Gasteiger partial charge is 0.337 e. The van der Waals surface area contributed by atoms with Crippen LogP contribution in [0, 0.1) is 0 Å². The number of para-hydroxylation sites is 1. The highest BCUT2D eigenvalue weighted by molar-refractivity contribution is 6.21. The van der Waals surface area contributed by atoms with Crippen LogP contribution in [0.2, 0.25) is 0 Å². The number of hydrogen-bond donors (Lipinski definition) is 1. The van der Waals surface area contributed by atoms with Crippen LogP contribution in [0.15, 0.2) is 90.6 Å². The van der Waals surface area contributed by atoms with Crippen molar-refractivity contribution in [2.24, 2.45) is 0 Å². The Kier molecular flexibility index (Phi) is 6.28. The lowest BCUT2D eigenvalue weighted by atomic mass is 10.1. The zero-order valence-corrected chi connectivity index (χ0v) is 19.6. The molecule has 0 aliphatic carbocycles. The molecule has 4 aromatic rings. The predicted molar refractivity (Wildman–Crippen MR) is 138 cm³/mol. The van der Waals surface area contributed by atoms with Crippen molar-refractivity contribution in [1.82, 2.24) is 9.88 Å². The van der Waals surface area contributed by atoms with Crippen LogP contribution in [-0.2, 0) is 4.74 Å². The maximum Gasteiger partial charge on any atom is 0.337 e. The molecule has 0 unspecified atom stereocenters. The van der Waals surface area contributed by atoms with Crippen LogP contribution in [0.1, 0.15) is 36.6 Å². The summed E-state index contributed by atoms with van der Waals surface area (Å²) in [6.07, 6.45) is 3.67. The summed E-state index contributed by atoms with van der Waals surface area (Å²) < 4.78 is 4.77. The molecule has 1 aliphatic heterocycles. The van der Waals surface area contributed by atoms with Crippen LogP contribution in [0.25, 0.3) is 17.0 Å². The molecule has 178 valence electrons. The second-order valence-corrected chi connectivity index (χ2v) is 8.43. The average Bonchev–Trinajstić information content (AvgIpc) is 3.16. The number of nitrogens with one attached hydrogen (secondary N) is 1. The number of esters is 1. The third kappa shape index (κ3) is 4.59. The van der Waals surface area contributed by atoms with Crippen LogP contribution in [-0.4, -0.2) is 47.9 Å². The quantitative estimate of drug-likeness (QED) is 0.304. The summed E-state index contributed by atoms with van der Waals surface area (Å²) in [5.74, 6) is -1.04. The molecule has 1 aromatic heterocycles. The normalized spacial score (nSPS) is 13.1. The molecule has 0 radical (unpaired) electrons. The molecule has 0 bridgehead atoms. The van der Waals surface area contributed by atoms with E-state index in [1.165, 1.54) is 12.0 Å². The number of carbonyl (C=O) groups excluding carboxylic acids is 3. The van der Waals surface area contributed by atoms with Crippen molar-refractivity contribution in [1.29, 1.82) is 0 Å². The number of imide groups is 1. The first kappa shape index (κ1) is 23.0. The van der Waals surface area contributed by atoms with Gasteiger partial charge in [-0.25, -0.2) is 4.79 Å². The second-order valence-electron chi connectivity index (χ2n) is 8.43. The first-order valence-electron chi connectivity index (χ1n) is 11.5. The van der Waals surface area contributed by atoms with Crippen molar-refractivity contribution in [2.45, 2.75) is 0 Å². The fraction of sp³-hybridized carbons (Fsp3) is 0.103. The highest BCUT2D eigenvalue weighted by Crippen LogP contribution is 2.24. The van der Waals surface area contributed by atoms with Gasteiger partial charge in [-0.1, -0.05) is 48.5 Å². The Labute approximate surface area is 208 Å². The largest absolute Gasteiger partial charge is 0.465 e. The van der Waals surface area contributed by atoms with Gasteiger partial charge in [0.25, 0.3) is 11.8 Å². The SMILES string of the molecule is COC(=O)c1ccc(/C=C(/CNc2cnc3ccccc3c2)CN2C(=O)c3ccccc3C2=O)cc1. The number of methoxy groups -OCH3 is 1. The van der Waals surface area contributed by atoms with E-state index in [0.29, 0.717) is 23.2 Å². The Bertz CT molecular complexity index is 1470. The third-order valence-electron chi connectivity index (χ3n) is 6.05. The van der Waals surface area contributed by atoms with E-state index >= 15 is 0 Å². The summed E-state index contributed by atoms with van der Waals surface area (Å²) in [5.41, 5.74) is 4.62. The molecule has 2 heterocycles. The van der Waals surface area contributed by atoms with E-state index in [4.69, 9.17) is 4.74 Å². The van der Waals surface area contributed by atoms with Gasteiger partial charge < -0.3 is 10.1 Å². The zero-order valence-electron chi connectivity index (χ0n) is 19.6. The molecule has 7 nitrogen and oxygen atoms in total. The predicted octanol–water partition coefficient (Wildman–Crippen LogP) is 4.81. The summed E-state index contributed by atoms with van der Waals surface area (Å²) in [5, 5.41) is 4.37. The Hall–Kier alpha value is -4.78. The average molecular weight is 478 g/mol. The van der Waals surface area contributed by atoms with Gasteiger partial charge in [0.2, 0.25) is 0 Å². The van der Waals surface area contributed by atoms with E-state index in [1.807, 2.05) is 36.4 Å². The number of anilines is 1. The molecule has 0 saturated heterocycles. The van der Waals surface area contributed by atoms with E-state index in [-0.39, 0.29) is 18.4 Å². The number of ether oxygens (including phenoxy) is 1. The highest BCUT2D eigenvalue weighted by Gasteiger charge is 2.35. The van der Waals surface area contributed by atoms with Gasteiger partial charge >= 0.3 is 5.97 Å². The number of carbonyl (C=O) groups is 3. The molecule has 1 N–H and O–H groups in total. The van der Waals surface area contributed by atoms with Gasteiger partial charge in [-0.3, -0.25) is 19.5 Å². The van der Waals surface area contributed by atoms with Crippen LogP contribution < -0.4 is 5.32 Å². The molecule has 7 heteroatoms. The van der Waals surface area contributed by atoms with E-state index in [1.54, 1.807) is 54.7 Å². The van der Waals surface area contributed by atoms with Gasteiger partial charge in [-0.05, 0) is 47.5 Å². The Morgan fingerprint density at radius 1 is 0.944 bits per heavy atom. The van der Waals surface area contributed by atoms with Crippen LogP contribution in [0.3, 0.4) is 0 Å². The standard InChI is InChI=1S/C29H23N3O4/c1-36-29(35)21-12-10-19(11-13-21)14-20(16-30-23-15-22-6-2-5-9-26(22)31-17-23)18-32-27(33)24-7-3-4-8-25(24)28(32)34/h2-15,17,30H,16,18H2,1H3/b20-14-. The molecule has 0 spiro atoms. The number of hydrogen-bond acceptors (Lipinski definition) is 6. The molecular weight excluding hydrogens is 454 g/mol. The van der Waals surface area contributed by atoms with Crippen LogP contribution in [0.5, 0.6) is 0 Å². The number of aromatic nitrogens is 1. The zero-order chi connectivity index (χ0) is 25.1. The van der Waals surface area contributed by atoms with Crippen molar-refractivity contribution in [3.05, 3.63) is 113 Å². The Morgan fingerprint density at radius 3 is 2.31 bits per heavy atom. The highest BCUT2D eigenvalue weighted by atomic mass is 16.5. The molecule has 2 amide bonds. The molecule has 36 heavy (non-hydrogen) atoms. The first-order valence-corrected chi connectivity index (χ1v) is 11.5.